The van der Waals surface area contributed by atoms with E-state index >= 15 is 0 Å². The average molecular weight is 690 g/mol. The van der Waals surface area contributed by atoms with Crippen molar-refractivity contribution in [2.24, 2.45) is 0 Å². The van der Waals surface area contributed by atoms with E-state index in [9.17, 15) is 5.26 Å². The van der Waals surface area contributed by atoms with E-state index in [-0.39, 0.29) is 5.41 Å². The van der Waals surface area contributed by atoms with Crippen molar-refractivity contribution in [3.05, 3.63) is 193 Å². The van der Waals surface area contributed by atoms with Gasteiger partial charge in [-0.1, -0.05) is 135 Å². The number of nitrogens with zero attached hydrogens (tertiary/aromatic N) is 3. The van der Waals surface area contributed by atoms with Gasteiger partial charge in [-0.2, -0.15) is 5.26 Å². The van der Waals surface area contributed by atoms with Gasteiger partial charge in [-0.3, -0.25) is 0 Å². The maximum atomic E-state index is 9.60. The summed E-state index contributed by atoms with van der Waals surface area (Å²) in [5, 5.41) is 12.1. The standard InChI is InChI=1S/C51H35N3/c1-51(2)43-19-11-9-17-41(43)49-44(51)25-26-48-50(49)42-18-10-12-20-47(42)54(48)40-28-37(34-23-21-33(32-52)22-24-34)27-38(29-40)39-30-45(35-13-5-3-6-14-35)53-46(31-39)36-15-7-4-8-16-36/h3-31H,1-2H3. The van der Waals surface area contributed by atoms with Gasteiger partial charge in [-0.25, -0.2) is 4.98 Å². The first kappa shape index (κ1) is 31.7. The van der Waals surface area contributed by atoms with Crippen LogP contribution in [0.25, 0.3) is 83.4 Å². The number of para-hydroxylation sites is 1. The van der Waals surface area contributed by atoms with Crippen LogP contribution in [0, 0.1) is 11.3 Å². The zero-order chi connectivity index (χ0) is 36.4. The minimum Gasteiger partial charge on any atom is -0.309 e. The van der Waals surface area contributed by atoms with Crippen LogP contribution in [0.3, 0.4) is 0 Å². The minimum atomic E-state index is -0.0970. The fourth-order valence-corrected chi connectivity index (χ4v) is 8.55. The van der Waals surface area contributed by atoms with Crippen molar-refractivity contribution in [3.8, 4) is 67.7 Å². The summed E-state index contributed by atoms with van der Waals surface area (Å²) in [4.78, 5) is 5.18. The number of fused-ring (bicyclic) bond motifs is 7. The predicted molar refractivity (Wildman–Crippen MR) is 223 cm³/mol. The molecule has 2 aromatic heterocycles. The van der Waals surface area contributed by atoms with E-state index in [1.807, 2.05) is 24.3 Å². The van der Waals surface area contributed by atoms with E-state index in [1.54, 1.807) is 0 Å². The highest BCUT2D eigenvalue weighted by atomic mass is 15.0. The summed E-state index contributed by atoms with van der Waals surface area (Å²) < 4.78 is 2.44. The fourth-order valence-electron chi connectivity index (χ4n) is 8.55. The fraction of sp³-hybridized carbons (Fsp3) is 0.0588. The summed E-state index contributed by atoms with van der Waals surface area (Å²) in [7, 11) is 0. The van der Waals surface area contributed by atoms with Gasteiger partial charge in [0.05, 0.1) is 34.1 Å². The molecule has 0 bridgehead atoms. The van der Waals surface area contributed by atoms with E-state index in [0.717, 1.165) is 56.0 Å². The molecule has 254 valence electrons. The number of aromatic nitrogens is 2. The number of hydrogen-bond acceptors (Lipinski definition) is 2. The smallest absolute Gasteiger partial charge is 0.0991 e. The van der Waals surface area contributed by atoms with Crippen LogP contribution in [-0.2, 0) is 5.41 Å². The quantitative estimate of drug-likeness (QED) is 0.180. The molecule has 0 atom stereocenters. The summed E-state index contributed by atoms with van der Waals surface area (Å²) in [5.41, 5.74) is 17.6. The Morgan fingerprint density at radius 1 is 0.500 bits per heavy atom. The predicted octanol–water partition coefficient (Wildman–Crippen LogP) is 13.0. The first-order valence-electron chi connectivity index (χ1n) is 18.4. The second-order valence-corrected chi connectivity index (χ2v) is 14.7. The molecule has 0 unspecified atom stereocenters. The molecule has 3 heteroatoms. The third kappa shape index (κ3) is 4.99. The van der Waals surface area contributed by atoms with Gasteiger partial charge < -0.3 is 4.57 Å². The van der Waals surface area contributed by atoms with Crippen molar-refractivity contribution in [2.45, 2.75) is 19.3 Å². The second-order valence-electron chi connectivity index (χ2n) is 14.7. The van der Waals surface area contributed by atoms with E-state index < -0.39 is 0 Å². The maximum Gasteiger partial charge on any atom is 0.0991 e. The molecule has 0 amide bonds. The Hall–Kier alpha value is -7.02. The third-order valence-electron chi connectivity index (χ3n) is 11.2. The third-order valence-corrected chi connectivity index (χ3v) is 11.2. The molecular weight excluding hydrogens is 655 g/mol. The van der Waals surface area contributed by atoms with Crippen LogP contribution in [0.5, 0.6) is 0 Å². The molecule has 0 spiro atoms. The first-order chi connectivity index (χ1) is 26.5. The van der Waals surface area contributed by atoms with E-state index in [4.69, 9.17) is 4.98 Å². The Morgan fingerprint density at radius 3 is 1.78 bits per heavy atom. The zero-order valence-corrected chi connectivity index (χ0v) is 30.1. The Morgan fingerprint density at radius 2 is 1.09 bits per heavy atom. The molecule has 10 rings (SSSR count). The summed E-state index contributed by atoms with van der Waals surface area (Å²) in [6.45, 7) is 4.69. The highest BCUT2D eigenvalue weighted by Gasteiger charge is 2.37. The van der Waals surface area contributed by atoms with Crippen molar-refractivity contribution in [1.29, 1.82) is 5.26 Å². The Bertz CT molecular complexity index is 2890. The number of benzene rings is 7. The molecule has 0 saturated heterocycles. The lowest BCUT2D eigenvalue weighted by Gasteiger charge is -2.21. The molecule has 0 radical (unpaired) electrons. The molecular formula is C51H35N3. The molecule has 0 fully saturated rings. The van der Waals surface area contributed by atoms with E-state index in [0.29, 0.717) is 5.56 Å². The number of rotatable bonds is 5. The van der Waals surface area contributed by atoms with Gasteiger partial charge >= 0.3 is 0 Å². The van der Waals surface area contributed by atoms with Crippen LogP contribution in [0.1, 0.15) is 30.5 Å². The van der Waals surface area contributed by atoms with Crippen LogP contribution in [0.4, 0.5) is 0 Å². The summed E-state index contributed by atoms with van der Waals surface area (Å²) in [6, 6.07) is 64.7. The lowest BCUT2D eigenvalue weighted by Crippen LogP contribution is -2.14. The van der Waals surface area contributed by atoms with Gasteiger partial charge in [0.2, 0.25) is 0 Å². The summed E-state index contributed by atoms with van der Waals surface area (Å²) in [6.07, 6.45) is 0. The molecule has 0 saturated carbocycles. The van der Waals surface area contributed by atoms with Crippen molar-refractivity contribution in [1.82, 2.24) is 9.55 Å². The zero-order valence-electron chi connectivity index (χ0n) is 30.1. The topological polar surface area (TPSA) is 41.6 Å². The van der Waals surface area contributed by atoms with Crippen LogP contribution < -0.4 is 0 Å². The lowest BCUT2D eigenvalue weighted by molar-refractivity contribution is 0.661. The van der Waals surface area contributed by atoms with Crippen LogP contribution in [0.2, 0.25) is 0 Å². The van der Waals surface area contributed by atoms with Gasteiger partial charge in [-0.05, 0) is 99.1 Å². The molecule has 0 N–H and O–H groups in total. The van der Waals surface area contributed by atoms with Gasteiger partial charge in [0.15, 0.2) is 0 Å². The largest absolute Gasteiger partial charge is 0.309 e. The number of pyridine rings is 1. The summed E-state index contributed by atoms with van der Waals surface area (Å²) in [5.74, 6) is 0. The molecule has 3 nitrogen and oxygen atoms in total. The van der Waals surface area contributed by atoms with Gasteiger partial charge in [0.25, 0.3) is 0 Å². The van der Waals surface area contributed by atoms with Crippen LogP contribution >= 0.6 is 0 Å². The van der Waals surface area contributed by atoms with Crippen molar-refractivity contribution in [2.75, 3.05) is 0 Å². The van der Waals surface area contributed by atoms with Crippen molar-refractivity contribution < 1.29 is 0 Å². The minimum absolute atomic E-state index is 0.0970. The second kappa shape index (κ2) is 12.3. The molecule has 1 aliphatic carbocycles. The van der Waals surface area contributed by atoms with E-state index in [1.165, 1.54) is 38.5 Å². The van der Waals surface area contributed by atoms with Crippen molar-refractivity contribution >= 4 is 21.8 Å². The Kier molecular flexibility index (Phi) is 7.22. The summed E-state index contributed by atoms with van der Waals surface area (Å²) >= 11 is 0. The molecule has 9 aromatic rings. The lowest BCUT2D eigenvalue weighted by atomic mass is 9.82. The molecule has 0 aliphatic heterocycles. The highest BCUT2D eigenvalue weighted by molar-refractivity contribution is 6.18. The molecule has 2 heterocycles. The first-order valence-corrected chi connectivity index (χ1v) is 18.4. The Balaban J connectivity index is 1.27. The van der Waals surface area contributed by atoms with Crippen LogP contribution in [0.15, 0.2) is 176 Å². The average Bonchev–Trinajstić information content (AvgIpc) is 3.69. The Labute approximate surface area is 315 Å². The molecule has 1 aliphatic rings. The maximum absolute atomic E-state index is 9.60. The van der Waals surface area contributed by atoms with Gasteiger partial charge in [0.1, 0.15) is 0 Å². The normalized spacial score (nSPS) is 12.8. The van der Waals surface area contributed by atoms with E-state index in [2.05, 4.69) is 176 Å². The monoisotopic (exact) mass is 689 g/mol. The number of nitriles is 1. The van der Waals surface area contributed by atoms with Crippen LogP contribution in [-0.4, -0.2) is 9.55 Å². The van der Waals surface area contributed by atoms with Crippen molar-refractivity contribution in [3.63, 3.8) is 0 Å². The van der Waals surface area contributed by atoms with Gasteiger partial charge in [0, 0.05) is 33.0 Å². The highest BCUT2D eigenvalue weighted by Crippen LogP contribution is 2.53. The number of hydrogen-bond donors (Lipinski definition) is 0. The van der Waals surface area contributed by atoms with Gasteiger partial charge in [-0.15, -0.1) is 0 Å². The molecule has 54 heavy (non-hydrogen) atoms. The SMILES string of the molecule is CC1(C)c2ccccc2-c2c1ccc1c2c2ccccc2n1-c1cc(-c2ccc(C#N)cc2)cc(-c2cc(-c3ccccc3)nc(-c3ccccc3)c2)c1. The molecule has 7 aromatic carbocycles.